The Balaban J connectivity index is 1.56. The molecule has 0 spiro atoms. The molecular weight excluding hydrogens is 328 g/mol. The lowest BCUT2D eigenvalue weighted by Gasteiger charge is -2.29. The Labute approximate surface area is 153 Å². The molecule has 0 saturated carbocycles. The van der Waals surface area contributed by atoms with Gasteiger partial charge in [0.2, 0.25) is 5.91 Å². The van der Waals surface area contributed by atoms with Crippen LogP contribution >= 0.6 is 0 Å². The summed E-state index contributed by atoms with van der Waals surface area (Å²) in [5.41, 5.74) is 1.54. The van der Waals surface area contributed by atoms with Crippen LogP contribution in [0.1, 0.15) is 60.7 Å². The van der Waals surface area contributed by atoms with E-state index in [1.807, 2.05) is 41.3 Å². The van der Waals surface area contributed by atoms with E-state index in [2.05, 4.69) is 0 Å². The number of rotatable bonds is 3. The van der Waals surface area contributed by atoms with Crippen LogP contribution in [-0.4, -0.2) is 29.8 Å². The number of nitrogens with zero attached hydrogens (tertiary/aromatic N) is 2. The van der Waals surface area contributed by atoms with Crippen molar-refractivity contribution in [2.24, 2.45) is 0 Å². The highest BCUT2D eigenvalue weighted by Gasteiger charge is 2.29. The number of benzene rings is 1. The fourth-order valence-electron chi connectivity index (χ4n) is 4.00. The Kier molecular flexibility index (Phi) is 4.78. The molecule has 2 aliphatic rings. The van der Waals surface area contributed by atoms with E-state index in [4.69, 9.17) is 4.42 Å². The van der Waals surface area contributed by atoms with Gasteiger partial charge >= 0.3 is 0 Å². The summed E-state index contributed by atoms with van der Waals surface area (Å²) in [6.07, 6.45) is 7.37. The first-order valence-corrected chi connectivity index (χ1v) is 9.49. The zero-order chi connectivity index (χ0) is 17.9. The van der Waals surface area contributed by atoms with Gasteiger partial charge < -0.3 is 14.2 Å². The second-order valence-corrected chi connectivity index (χ2v) is 7.07. The topological polar surface area (TPSA) is 53.8 Å². The van der Waals surface area contributed by atoms with Crippen molar-refractivity contribution in [2.45, 2.75) is 44.6 Å². The van der Waals surface area contributed by atoms with Crippen LogP contribution in [0.3, 0.4) is 0 Å². The van der Waals surface area contributed by atoms with E-state index in [1.165, 1.54) is 0 Å². The van der Waals surface area contributed by atoms with Gasteiger partial charge in [0.1, 0.15) is 5.76 Å². The van der Waals surface area contributed by atoms with Gasteiger partial charge in [-0.3, -0.25) is 9.59 Å². The maximum atomic E-state index is 13.2. The number of carbonyl (C=O) groups excluding carboxylic acids is 2. The second kappa shape index (κ2) is 7.36. The molecule has 26 heavy (non-hydrogen) atoms. The van der Waals surface area contributed by atoms with Crippen molar-refractivity contribution in [3.05, 3.63) is 54.0 Å². The van der Waals surface area contributed by atoms with Gasteiger partial charge in [0.05, 0.1) is 12.3 Å². The van der Waals surface area contributed by atoms with Crippen LogP contribution in [0, 0.1) is 0 Å². The summed E-state index contributed by atoms with van der Waals surface area (Å²) >= 11 is 0. The van der Waals surface area contributed by atoms with Crippen molar-refractivity contribution in [1.82, 2.24) is 4.90 Å². The molecule has 0 aliphatic carbocycles. The second-order valence-electron chi connectivity index (χ2n) is 7.07. The smallest absolute Gasteiger partial charge is 0.254 e. The van der Waals surface area contributed by atoms with E-state index in [0.29, 0.717) is 12.0 Å². The molecule has 2 amide bonds. The Morgan fingerprint density at radius 1 is 1.00 bits per heavy atom. The summed E-state index contributed by atoms with van der Waals surface area (Å²) in [6, 6.07) is 11.3. The van der Waals surface area contributed by atoms with Crippen LogP contribution in [0.4, 0.5) is 5.69 Å². The molecule has 3 heterocycles. The average Bonchev–Trinajstić information content (AvgIpc) is 3.28. The standard InChI is InChI=1S/C21H24N2O3/c24-20-8-4-14-22(20)17-11-9-16(10-12-17)21(25)23-13-3-1-2-6-18(23)19-7-5-15-26-19/h5,7,9-12,15,18H,1-4,6,8,13-14H2/t18-/m1/s1. The van der Waals surface area contributed by atoms with E-state index < -0.39 is 0 Å². The van der Waals surface area contributed by atoms with Crippen molar-refractivity contribution in [2.75, 3.05) is 18.0 Å². The molecule has 1 aromatic carbocycles. The maximum absolute atomic E-state index is 13.2. The lowest BCUT2D eigenvalue weighted by Crippen LogP contribution is -2.34. The summed E-state index contributed by atoms with van der Waals surface area (Å²) in [7, 11) is 0. The van der Waals surface area contributed by atoms with E-state index in [1.54, 1.807) is 11.2 Å². The monoisotopic (exact) mass is 352 g/mol. The van der Waals surface area contributed by atoms with E-state index >= 15 is 0 Å². The minimum absolute atomic E-state index is 0.000151. The van der Waals surface area contributed by atoms with Gasteiger partial charge in [0.25, 0.3) is 5.91 Å². The summed E-state index contributed by atoms with van der Waals surface area (Å²) < 4.78 is 5.61. The molecule has 0 unspecified atom stereocenters. The minimum atomic E-state index is -0.000151. The zero-order valence-corrected chi connectivity index (χ0v) is 14.9. The molecule has 4 rings (SSSR count). The zero-order valence-electron chi connectivity index (χ0n) is 14.9. The number of hydrogen-bond acceptors (Lipinski definition) is 3. The highest BCUT2D eigenvalue weighted by molar-refractivity contribution is 5.97. The first kappa shape index (κ1) is 16.9. The molecule has 2 fully saturated rings. The predicted octanol–water partition coefficient (Wildman–Crippen LogP) is 4.16. The Morgan fingerprint density at radius 2 is 1.85 bits per heavy atom. The van der Waals surface area contributed by atoms with Gasteiger partial charge in [-0.1, -0.05) is 12.8 Å². The van der Waals surface area contributed by atoms with Gasteiger partial charge in [-0.05, 0) is 55.7 Å². The summed E-state index contributed by atoms with van der Waals surface area (Å²) in [5, 5.41) is 0. The van der Waals surface area contributed by atoms with Gasteiger partial charge in [-0.25, -0.2) is 0 Å². The minimum Gasteiger partial charge on any atom is -0.467 e. The van der Waals surface area contributed by atoms with E-state index in [-0.39, 0.29) is 17.9 Å². The fourth-order valence-corrected chi connectivity index (χ4v) is 4.00. The normalized spacial score (nSPS) is 21.1. The first-order chi connectivity index (χ1) is 12.7. The van der Waals surface area contributed by atoms with Gasteiger partial charge in [-0.15, -0.1) is 0 Å². The number of carbonyl (C=O) groups is 2. The van der Waals surface area contributed by atoms with Crippen LogP contribution < -0.4 is 4.90 Å². The highest BCUT2D eigenvalue weighted by atomic mass is 16.3. The van der Waals surface area contributed by atoms with Crippen LogP contribution in [0.2, 0.25) is 0 Å². The lowest BCUT2D eigenvalue weighted by molar-refractivity contribution is -0.117. The molecule has 0 N–H and O–H groups in total. The molecule has 0 bridgehead atoms. The average molecular weight is 352 g/mol. The van der Waals surface area contributed by atoms with Gasteiger partial charge in [0.15, 0.2) is 0 Å². The Bertz CT molecular complexity index is 767. The molecule has 5 heteroatoms. The molecule has 2 aromatic rings. The van der Waals surface area contributed by atoms with Crippen LogP contribution in [-0.2, 0) is 4.79 Å². The Hall–Kier alpha value is -2.56. The number of hydrogen-bond donors (Lipinski definition) is 0. The molecule has 1 atom stereocenters. The molecular formula is C21H24N2O3. The molecule has 5 nitrogen and oxygen atoms in total. The molecule has 136 valence electrons. The lowest BCUT2D eigenvalue weighted by atomic mass is 10.1. The molecule has 0 radical (unpaired) electrons. The van der Waals surface area contributed by atoms with Crippen LogP contribution in [0.25, 0.3) is 0 Å². The SMILES string of the molecule is O=C1CCCN1c1ccc(C(=O)N2CCCCC[C@@H]2c2ccco2)cc1. The van der Waals surface area contributed by atoms with Crippen molar-refractivity contribution in [3.8, 4) is 0 Å². The number of anilines is 1. The summed E-state index contributed by atoms with van der Waals surface area (Å²) in [5.74, 6) is 1.06. The predicted molar refractivity (Wildman–Crippen MR) is 99.0 cm³/mol. The van der Waals surface area contributed by atoms with E-state index in [9.17, 15) is 9.59 Å². The van der Waals surface area contributed by atoms with Crippen LogP contribution in [0.5, 0.6) is 0 Å². The van der Waals surface area contributed by atoms with Crippen LogP contribution in [0.15, 0.2) is 47.1 Å². The van der Waals surface area contributed by atoms with Gasteiger partial charge in [-0.2, -0.15) is 0 Å². The summed E-state index contributed by atoms with van der Waals surface area (Å²) in [4.78, 5) is 28.8. The van der Waals surface area contributed by atoms with Crippen molar-refractivity contribution in [3.63, 3.8) is 0 Å². The van der Waals surface area contributed by atoms with Crippen molar-refractivity contribution < 1.29 is 14.0 Å². The fraction of sp³-hybridized carbons (Fsp3) is 0.429. The third-order valence-corrected chi connectivity index (χ3v) is 5.38. The molecule has 2 aliphatic heterocycles. The summed E-state index contributed by atoms with van der Waals surface area (Å²) in [6.45, 7) is 1.51. The number of likely N-dealkylation sites (tertiary alicyclic amines) is 1. The first-order valence-electron chi connectivity index (χ1n) is 9.49. The molecule has 1 aromatic heterocycles. The van der Waals surface area contributed by atoms with Crippen molar-refractivity contribution >= 4 is 17.5 Å². The maximum Gasteiger partial charge on any atom is 0.254 e. The quantitative estimate of drug-likeness (QED) is 0.833. The van der Waals surface area contributed by atoms with Crippen molar-refractivity contribution in [1.29, 1.82) is 0 Å². The van der Waals surface area contributed by atoms with Gasteiger partial charge in [0, 0.05) is 30.8 Å². The van der Waals surface area contributed by atoms with E-state index in [0.717, 1.165) is 56.6 Å². The Morgan fingerprint density at radius 3 is 2.54 bits per heavy atom. The largest absolute Gasteiger partial charge is 0.467 e. The number of amides is 2. The molecule has 2 saturated heterocycles. The highest BCUT2D eigenvalue weighted by Crippen LogP contribution is 2.32. The third-order valence-electron chi connectivity index (χ3n) is 5.38. The number of furan rings is 1. The third kappa shape index (κ3) is 3.26.